The highest BCUT2D eigenvalue weighted by molar-refractivity contribution is 5.79. The molecule has 0 N–H and O–H groups in total. The third kappa shape index (κ3) is 3.21. The summed E-state index contributed by atoms with van der Waals surface area (Å²) in [4.78, 5) is 7.47. The number of rotatable bonds is 3. The van der Waals surface area contributed by atoms with Gasteiger partial charge in [0.15, 0.2) is 0 Å². The van der Waals surface area contributed by atoms with Crippen LogP contribution in [0, 0.1) is 40.4 Å². The Kier molecular flexibility index (Phi) is 5.52. The van der Waals surface area contributed by atoms with Gasteiger partial charge in [-0.05, 0) is 133 Å². The Morgan fingerprint density at radius 2 is 1.57 bits per heavy atom. The third-order valence-corrected chi connectivity index (χ3v) is 10.5. The predicted molar refractivity (Wildman–Crippen MR) is 121 cm³/mol. The van der Waals surface area contributed by atoms with Crippen LogP contribution >= 0.6 is 0 Å². The molecule has 9 unspecified atom stereocenters. The van der Waals surface area contributed by atoms with Gasteiger partial charge in [0, 0.05) is 11.8 Å². The quantitative estimate of drug-likeness (QED) is 0.509. The molecule has 160 valence electrons. The molecule has 28 heavy (non-hydrogen) atoms. The van der Waals surface area contributed by atoms with Gasteiger partial charge in [-0.2, -0.15) is 0 Å². The molecule has 4 rings (SSSR count). The zero-order chi connectivity index (χ0) is 20.3. The molecule has 0 amide bonds. The van der Waals surface area contributed by atoms with Gasteiger partial charge in [-0.1, -0.05) is 13.8 Å². The number of hydrogen-bond acceptors (Lipinski definition) is 2. The maximum absolute atomic E-state index is 4.98. The minimum absolute atomic E-state index is 0.592. The molecule has 0 aliphatic heterocycles. The van der Waals surface area contributed by atoms with E-state index in [-0.39, 0.29) is 0 Å². The first-order valence-electron chi connectivity index (χ1n) is 12.3. The van der Waals surface area contributed by atoms with Crippen LogP contribution in [-0.4, -0.2) is 36.8 Å². The van der Waals surface area contributed by atoms with Gasteiger partial charge < -0.3 is 4.90 Å². The number of hydrogen-bond donors (Lipinski definition) is 0. The average Bonchev–Trinajstić information content (AvgIpc) is 2.98. The van der Waals surface area contributed by atoms with Gasteiger partial charge in [-0.3, -0.25) is 4.99 Å². The highest BCUT2D eigenvalue weighted by Gasteiger charge is 2.60. The van der Waals surface area contributed by atoms with Crippen molar-refractivity contribution in [2.75, 3.05) is 14.1 Å². The molecule has 2 heteroatoms. The molecular formula is C26H46N2. The lowest BCUT2D eigenvalue weighted by atomic mass is 9.44. The van der Waals surface area contributed by atoms with Gasteiger partial charge in [0.05, 0.1) is 6.04 Å². The predicted octanol–water partition coefficient (Wildman–Crippen LogP) is 6.44. The molecule has 0 saturated heterocycles. The van der Waals surface area contributed by atoms with Crippen LogP contribution in [-0.2, 0) is 0 Å². The van der Waals surface area contributed by atoms with Crippen molar-refractivity contribution in [3.8, 4) is 0 Å². The molecule has 0 aromatic heterocycles. The summed E-state index contributed by atoms with van der Waals surface area (Å²) in [6.07, 6.45) is 13.1. The molecule has 4 aliphatic rings. The maximum Gasteiger partial charge on any atom is 0.0501 e. The molecule has 0 aromatic rings. The number of fused-ring (bicyclic) bond motifs is 5. The maximum atomic E-state index is 4.98. The topological polar surface area (TPSA) is 15.6 Å². The van der Waals surface area contributed by atoms with Crippen LogP contribution in [0.3, 0.4) is 0 Å². The smallest absolute Gasteiger partial charge is 0.0501 e. The molecular weight excluding hydrogens is 340 g/mol. The molecule has 0 heterocycles. The lowest BCUT2D eigenvalue weighted by Gasteiger charge is -2.61. The van der Waals surface area contributed by atoms with E-state index in [2.05, 4.69) is 53.6 Å². The molecule has 0 radical (unpaired) electrons. The second-order valence-corrected chi connectivity index (χ2v) is 12.1. The lowest BCUT2D eigenvalue weighted by Crippen LogP contribution is -2.54. The van der Waals surface area contributed by atoms with E-state index in [0.29, 0.717) is 16.9 Å². The monoisotopic (exact) mass is 386 g/mol. The molecule has 0 aromatic carbocycles. The minimum atomic E-state index is 0.592. The van der Waals surface area contributed by atoms with Gasteiger partial charge in [0.2, 0.25) is 0 Å². The highest BCUT2D eigenvalue weighted by atomic mass is 15.1. The van der Waals surface area contributed by atoms with Gasteiger partial charge in [0.25, 0.3) is 0 Å². The zero-order valence-electron chi connectivity index (χ0n) is 19.8. The summed E-state index contributed by atoms with van der Waals surface area (Å²) in [5.74, 6) is 4.82. The molecule has 4 aliphatic carbocycles. The van der Waals surface area contributed by atoms with Crippen molar-refractivity contribution in [3.05, 3.63) is 0 Å². The first kappa shape index (κ1) is 20.9. The number of aliphatic imine (C=N–C) groups is 1. The summed E-state index contributed by atoms with van der Waals surface area (Å²) in [5, 5.41) is 0. The largest absolute Gasteiger partial charge is 0.306 e. The van der Waals surface area contributed by atoms with E-state index in [0.717, 1.165) is 35.6 Å². The lowest BCUT2D eigenvalue weighted by molar-refractivity contribution is -0.116. The number of nitrogens with zero attached hydrogens (tertiary/aromatic N) is 2. The van der Waals surface area contributed by atoms with Crippen molar-refractivity contribution in [2.45, 2.75) is 104 Å². The van der Waals surface area contributed by atoms with E-state index in [9.17, 15) is 0 Å². The van der Waals surface area contributed by atoms with Gasteiger partial charge in [0.1, 0.15) is 0 Å². The highest BCUT2D eigenvalue weighted by Crippen LogP contribution is 2.68. The van der Waals surface area contributed by atoms with Crippen LogP contribution in [0.1, 0.15) is 92.4 Å². The van der Waals surface area contributed by atoms with Crippen LogP contribution in [0.15, 0.2) is 4.99 Å². The van der Waals surface area contributed by atoms with Crippen molar-refractivity contribution >= 4 is 5.71 Å². The SMILES string of the molecule is CC(C)=NC1CCC2(C)C(CCC3C2CCC2(C)C3CCC2C(C)N(C)C)C1. The van der Waals surface area contributed by atoms with Gasteiger partial charge >= 0.3 is 0 Å². The fraction of sp³-hybridized carbons (Fsp3) is 0.962. The fourth-order valence-electron chi connectivity index (χ4n) is 8.91. The minimum Gasteiger partial charge on any atom is -0.306 e. The Labute approximate surface area is 174 Å². The first-order valence-corrected chi connectivity index (χ1v) is 12.3. The summed E-state index contributed by atoms with van der Waals surface area (Å²) in [5.41, 5.74) is 2.47. The third-order valence-electron chi connectivity index (χ3n) is 10.5. The average molecular weight is 387 g/mol. The molecule has 4 fully saturated rings. The van der Waals surface area contributed by atoms with E-state index in [1.807, 2.05) is 0 Å². The molecule has 4 saturated carbocycles. The van der Waals surface area contributed by atoms with Crippen LogP contribution in [0.4, 0.5) is 0 Å². The summed E-state index contributed by atoms with van der Waals surface area (Å²) in [6.45, 7) is 12.2. The van der Waals surface area contributed by atoms with Crippen molar-refractivity contribution < 1.29 is 0 Å². The van der Waals surface area contributed by atoms with Crippen LogP contribution < -0.4 is 0 Å². The Hall–Kier alpha value is -0.370. The van der Waals surface area contributed by atoms with E-state index in [4.69, 9.17) is 4.99 Å². The molecule has 9 atom stereocenters. The van der Waals surface area contributed by atoms with Crippen molar-refractivity contribution in [3.63, 3.8) is 0 Å². The van der Waals surface area contributed by atoms with E-state index >= 15 is 0 Å². The van der Waals surface area contributed by atoms with E-state index < -0.39 is 0 Å². The van der Waals surface area contributed by atoms with E-state index in [1.54, 1.807) is 0 Å². The second kappa shape index (κ2) is 7.40. The van der Waals surface area contributed by atoms with Crippen molar-refractivity contribution in [2.24, 2.45) is 45.4 Å². The normalized spacial score (nSPS) is 49.1. The summed E-state index contributed by atoms with van der Waals surface area (Å²) in [6, 6.07) is 1.34. The molecule has 0 spiro atoms. The Morgan fingerprint density at radius 1 is 0.893 bits per heavy atom. The summed E-state index contributed by atoms with van der Waals surface area (Å²) in [7, 11) is 4.58. The summed E-state index contributed by atoms with van der Waals surface area (Å²) < 4.78 is 0. The van der Waals surface area contributed by atoms with Gasteiger partial charge in [-0.15, -0.1) is 0 Å². The molecule has 0 bridgehead atoms. The second-order valence-electron chi connectivity index (χ2n) is 12.1. The summed E-state index contributed by atoms with van der Waals surface area (Å²) >= 11 is 0. The van der Waals surface area contributed by atoms with Crippen molar-refractivity contribution in [1.29, 1.82) is 0 Å². The van der Waals surface area contributed by atoms with Crippen LogP contribution in [0.25, 0.3) is 0 Å². The zero-order valence-corrected chi connectivity index (χ0v) is 19.8. The van der Waals surface area contributed by atoms with Crippen molar-refractivity contribution in [1.82, 2.24) is 4.90 Å². The Balaban J connectivity index is 1.53. The van der Waals surface area contributed by atoms with Gasteiger partial charge in [-0.25, -0.2) is 0 Å². The van der Waals surface area contributed by atoms with Crippen LogP contribution in [0.2, 0.25) is 0 Å². The first-order chi connectivity index (χ1) is 13.2. The fourth-order valence-corrected chi connectivity index (χ4v) is 8.91. The Bertz CT molecular complexity index is 606. The van der Waals surface area contributed by atoms with Crippen LogP contribution in [0.5, 0.6) is 0 Å². The van der Waals surface area contributed by atoms with E-state index in [1.165, 1.54) is 63.5 Å². The molecule has 2 nitrogen and oxygen atoms in total. The standard InChI is InChI=1S/C26H46N2/c1-17(2)27-20-12-14-25(4)19(16-20)8-9-21-23-11-10-22(18(3)28(6)7)26(23,5)15-13-24(21)25/h18-24H,8-16H2,1-7H3. The Morgan fingerprint density at radius 3 is 2.25 bits per heavy atom.